The van der Waals surface area contributed by atoms with Crippen LogP contribution < -0.4 is 0 Å². The third-order valence-corrected chi connectivity index (χ3v) is 4.29. The number of fused-ring (bicyclic) bond motifs is 1. The van der Waals surface area contributed by atoms with Crippen LogP contribution in [0.3, 0.4) is 0 Å². The molecule has 1 unspecified atom stereocenters. The average Bonchev–Trinajstić information content (AvgIpc) is 2.88. The van der Waals surface area contributed by atoms with Crippen LogP contribution >= 0.6 is 0 Å². The van der Waals surface area contributed by atoms with Crippen LogP contribution in [0.25, 0.3) is 0 Å². The van der Waals surface area contributed by atoms with E-state index in [-0.39, 0.29) is 12.4 Å². The maximum absolute atomic E-state index is 11.0. The molecule has 0 fully saturated rings. The van der Waals surface area contributed by atoms with Gasteiger partial charge in [-0.25, -0.2) is 9.55 Å². The Kier molecular flexibility index (Phi) is 4.40. The quantitative estimate of drug-likeness (QED) is 0.668. The molecule has 0 bridgehead atoms. The van der Waals surface area contributed by atoms with Gasteiger partial charge in [-0.15, -0.1) is 0 Å². The number of aliphatic hydroxyl groups is 1. The van der Waals surface area contributed by atoms with Crippen molar-refractivity contribution in [1.82, 2.24) is 14.5 Å². The van der Waals surface area contributed by atoms with Gasteiger partial charge in [0.15, 0.2) is 5.82 Å². The van der Waals surface area contributed by atoms with E-state index >= 15 is 0 Å². The van der Waals surface area contributed by atoms with E-state index < -0.39 is 11.0 Å². The summed E-state index contributed by atoms with van der Waals surface area (Å²) in [5.41, 5.74) is 2.65. The van der Waals surface area contributed by atoms with Gasteiger partial charge >= 0.3 is 5.82 Å². The smallest absolute Gasteiger partial charge is 0.342 e. The lowest BCUT2D eigenvalue weighted by atomic mass is 10.00. The summed E-state index contributed by atoms with van der Waals surface area (Å²) in [5.74, 6) is 0.463. The van der Waals surface area contributed by atoms with Gasteiger partial charge in [-0.05, 0) is 22.5 Å². The number of nitro groups is 1. The largest absolute Gasteiger partial charge is 0.388 e. The molecule has 0 amide bonds. The van der Waals surface area contributed by atoms with Gasteiger partial charge in [-0.2, -0.15) is 0 Å². The lowest BCUT2D eigenvalue weighted by Gasteiger charge is -2.30. The molecule has 2 heterocycles. The van der Waals surface area contributed by atoms with Crippen LogP contribution in [-0.2, 0) is 19.5 Å². The minimum atomic E-state index is -0.674. The van der Waals surface area contributed by atoms with Crippen LogP contribution in [0, 0.1) is 17.0 Å². The van der Waals surface area contributed by atoms with Crippen LogP contribution in [-0.4, -0.2) is 43.7 Å². The molecule has 1 N–H and O–H groups in total. The van der Waals surface area contributed by atoms with E-state index in [4.69, 9.17) is 0 Å². The Balaban J connectivity index is 1.64. The Hall–Kier alpha value is -2.25. The Bertz CT molecular complexity index is 713. The molecule has 23 heavy (non-hydrogen) atoms. The molecule has 7 nitrogen and oxygen atoms in total. The van der Waals surface area contributed by atoms with Crippen LogP contribution in [0.2, 0.25) is 0 Å². The second-order valence-corrected chi connectivity index (χ2v) is 5.94. The average molecular weight is 316 g/mol. The predicted molar refractivity (Wildman–Crippen MR) is 85.0 cm³/mol. The molecule has 1 aliphatic heterocycles. The third-order valence-electron chi connectivity index (χ3n) is 4.29. The van der Waals surface area contributed by atoms with E-state index in [0.717, 1.165) is 19.5 Å². The zero-order valence-electron chi connectivity index (χ0n) is 13.1. The highest BCUT2D eigenvalue weighted by Crippen LogP contribution is 2.19. The molecule has 0 radical (unpaired) electrons. The zero-order valence-corrected chi connectivity index (χ0v) is 13.1. The first-order valence-electron chi connectivity index (χ1n) is 7.68. The van der Waals surface area contributed by atoms with Crippen molar-refractivity contribution in [1.29, 1.82) is 0 Å². The topological polar surface area (TPSA) is 84.4 Å². The van der Waals surface area contributed by atoms with E-state index in [9.17, 15) is 15.2 Å². The summed E-state index contributed by atoms with van der Waals surface area (Å²) in [6, 6.07) is 8.32. The van der Waals surface area contributed by atoms with Crippen molar-refractivity contribution in [2.24, 2.45) is 0 Å². The Morgan fingerprint density at radius 2 is 2.09 bits per heavy atom. The van der Waals surface area contributed by atoms with E-state index in [2.05, 4.69) is 22.0 Å². The first-order valence-corrected chi connectivity index (χ1v) is 7.68. The minimum absolute atomic E-state index is 0.0782. The van der Waals surface area contributed by atoms with E-state index in [1.807, 2.05) is 12.1 Å². The molecular weight excluding hydrogens is 296 g/mol. The number of benzene rings is 1. The Morgan fingerprint density at radius 1 is 1.35 bits per heavy atom. The molecule has 1 aliphatic rings. The number of rotatable bonds is 5. The number of imidazole rings is 1. The van der Waals surface area contributed by atoms with E-state index in [0.29, 0.717) is 12.4 Å². The van der Waals surface area contributed by atoms with Gasteiger partial charge in [-0.1, -0.05) is 24.3 Å². The summed E-state index contributed by atoms with van der Waals surface area (Å²) in [6.45, 7) is 4.07. The minimum Gasteiger partial charge on any atom is -0.388 e. The number of β-amino-alcohol motifs (C(OH)–C–C–N with tert-alkyl or cyclic N) is 1. The van der Waals surface area contributed by atoms with Crippen molar-refractivity contribution in [3.63, 3.8) is 0 Å². The molecule has 1 atom stereocenters. The maximum Gasteiger partial charge on any atom is 0.342 e. The van der Waals surface area contributed by atoms with Gasteiger partial charge in [0.05, 0.1) is 0 Å². The van der Waals surface area contributed by atoms with Gasteiger partial charge in [0.2, 0.25) is 0 Å². The monoisotopic (exact) mass is 316 g/mol. The van der Waals surface area contributed by atoms with Crippen molar-refractivity contribution in [3.05, 3.63) is 57.5 Å². The molecule has 7 heteroatoms. The van der Waals surface area contributed by atoms with Crippen molar-refractivity contribution in [3.8, 4) is 0 Å². The fraction of sp³-hybridized carbons (Fsp3) is 0.438. The number of hydrogen-bond donors (Lipinski definition) is 1. The predicted octanol–water partition coefficient (Wildman–Crippen LogP) is 1.52. The summed E-state index contributed by atoms with van der Waals surface area (Å²) >= 11 is 0. The SMILES string of the molecule is Cc1ncc([N+](=O)[O-])n1CC(O)CN1CCc2ccccc2C1. The van der Waals surface area contributed by atoms with Gasteiger partial charge in [-0.3, -0.25) is 4.90 Å². The van der Waals surface area contributed by atoms with Gasteiger partial charge in [0.1, 0.15) is 18.8 Å². The molecule has 0 spiro atoms. The van der Waals surface area contributed by atoms with Crippen molar-refractivity contribution >= 4 is 5.82 Å². The van der Waals surface area contributed by atoms with Gasteiger partial charge < -0.3 is 15.2 Å². The fourth-order valence-electron chi connectivity index (χ4n) is 3.10. The van der Waals surface area contributed by atoms with Crippen molar-refractivity contribution in [2.45, 2.75) is 32.5 Å². The molecule has 3 rings (SSSR count). The molecule has 2 aromatic rings. The van der Waals surface area contributed by atoms with Crippen molar-refractivity contribution in [2.75, 3.05) is 13.1 Å². The zero-order chi connectivity index (χ0) is 16.4. The summed E-state index contributed by atoms with van der Waals surface area (Å²) < 4.78 is 1.46. The number of aromatic nitrogens is 2. The van der Waals surface area contributed by atoms with Crippen LogP contribution in [0.1, 0.15) is 17.0 Å². The highest BCUT2D eigenvalue weighted by molar-refractivity contribution is 5.29. The highest BCUT2D eigenvalue weighted by Gasteiger charge is 2.23. The van der Waals surface area contributed by atoms with E-state index in [1.165, 1.54) is 21.9 Å². The van der Waals surface area contributed by atoms with E-state index in [1.54, 1.807) is 6.92 Å². The molecular formula is C16H20N4O3. The first kappa shape index (κ1) is 15.6. The fourth-order valence-corrected chi connectivity index (χ4v) is 3.10. The molecule has 1 aromatic carbocycles. The van der Waals surface area contributed by atoms with Crippen molar-refractivity contribution < 1.29 is 10.0 Å². The molecule has 0 saturated heterocycles. The second kappa shape index (κ2) is 6.47. The number of aryl methyl sites for hydroxylation is 1. The summed E-state index contributed by atoms with van der Waals surface area (Å²) in [5, 5.41) is 21.3. The summed E-state index contributed by atoms with van der Waals surface area (Å²) in [6.07, 6.45) is 1.53. The first-order chi connectivity index (χ1) is 11.0. The second-order valence-electron chi connectivity index (χ2n) is 5.94. The molecule has 0 aliphatic carbocycles. The Labute approximate surface area is 134 Å². The molecule has 122 valence electrons. The maximum atomic E-state index is 11.0. The standard InChI is InChI=1S/C16H20N4O3/c1-12-17-8-16(20(22)23)19(12)11-15(21)10-18-7-6-13-4-2-3-5-14(13)9-18/h2-5,8,15,21H,6-7,9-11H2,1H3. The lowest BCUT2D eigenvalue weighted by Crippen LogP contribution is -2.38. The third kappa shape index (κ3) is 3.40. The highest BCUT2D eigenvalue weighted by atomic mass is 16.6. The number of nitrogens with zero attached hydrogens (tertiary/aromatic N) is 4. The normalized spacial score (nSPS) is 16.1. The van der Waals surface area contributed by atoms with Gasteiger partial charge in [0.25, 0.3) is 0 Å². The molecule has 0 saturated carbocycles. The van der Waals surface area contributed by atoms with Crippen LogP contribution in [0.5, 0.6) is 0 Å². The number of hydrogen-bond acceptors (Lipinski definition) is 5. The Morgan fingerprint density at radius 3 is 2.83 bits per heavy atom. The summed E-state index contributed by atoms with van der Waals surface area (Å²) in [7, 11) is 0. The van der Waals surface area contributed by atoms with Crippen LogP contribution in [0.4, 0.5) is 5.82 Å². The lowest BCUT2D eigenvalue weighted by molar-refractivity contribution is -0.392. The molecule has 1 aromatic heterocycles. The van der Waals surface area contributed by atoms with Gasteiger partial charge in [0, 0.05) is 26.6 Å². The van der Waals surface area contributed by atoms with Crippen LogP contribution in [0.15, 0.2) is 30.5 Å². The number of aliphatic hydroxyl groups excluding tert-OH is 1. The summed E-state index contributed by atoms with van der Waals surface area (Å²) in [4.78, 5) is 16.7.